The summed E-state index contributed by atoms with van der Waals surface area (Å²) in [5.41, 5.74) is 7.08. The zero-order valence-electron chi connectivity index (χ0n) is 24.7. The molecule has 0 heterocycles. The second-order valence-corrected chi connectivity index (χ2v) is 12.0. The average molecular weight is 591 g/mol. The Bertz CT molecular complexity index is 1610. The first-order valence-corrected chi connectivity index (χ1v) is 16.2. The number of hydrogen-bond donors (Lipinski definition) is 1. The first-order valence-electron chi connectivity index (χ1n) is 14.7. The van der Waals surface area contributed by atoms with Crippen LogP contribution in [0.5, 0.6) is 0 Å². The largest absolute Gasteiger partial charge is 0.367 e. The first-order chi connectivity index (χ1) is 20.9. The zero-order valence-corrected chi connectivity index (χ0v) is 25.5. The standard InChI is InChI=1S/C37H38N2O3S/c1-3-38(27-29-13-7-5-8-14-29)33-23-19-31(20-24-33)37(35-17-11-12-18-36(35)43(40,41)42)32-21-25-34(26-22-32)39(4-2)28-30-15-9-6-10-16-30/h5-26,37H,3-4,27-28H2,1-2H3,(H,40,41,42). The Hall–Kier alpha value is -4.39. The fraction of sp³-hybridized carbons (Fsp3) is 0.189. The van der Waals surface area contributed by atoms with Gasteiger partial charge >= 0.3 is 0 Å². The molecule has 0 spiro atoms. The molecule has 0 saturated heterocycles. The van der Waals surface area contributed by atoms with Crippen molar-refractivity contribution in [3.05, 3.63) is 161 Å². The molecule has 0 aliphatic carbocycles. The number of benzene rings is 5. The molecule has 0 aliphatic heterocycles. The summed E-state index contributed by atoms with van der Waals surface area (Å²) < 4.78 is 35.1. The molecule has 0 bridgehead atoms. The molecule has 6 heteroatoms. The second-order valence-electron chi connectivity index (χ2n) is 10.6. The molecule has 220 valence electrons. The van der Waals surface area contributed by atoms with Gasteiger partial charge in [-0.05, 0) is 72.0 Å². The zero-order chi connectivity index (χ0) is 30.2. The van der Waals surface area contributed by atoms with Gasteiger partial charge < -0.3 is 9.80 Å². The molecule has 5 aromatic rings. The van der Waals surface area contributed by atoms with Gasteiger partial charge in [-0.1, -0.05) is 103 Å². The summed E-state index contributed by atoms with van der Waals surface area (Å²) in [7, 11) is -4.43. The summed E-state index contributed by atoms with van der Waals surface area (Å²) in [6, 6.07) is 44.1. The smallest absolute Gasteiger partial charge is 0.294 e. The maximum atomic E-state index is 12.5. The molecule has 0 amide bonds. The predicted molar refractivity (Wildman–Crippen MR) is 176 cm³/mol. The molecule has 0 unspecified atom stereocenters. The van der Waals surface area contributed by atoms with E-state index in [9.17, 15) is 13.0 Å². The number of hydrogen-bond acceptors (Lipinski definition) is 4. The molecule has 0 aromatic heterocycles. The minimum atomic E-state index is -4.43. The Kier molecular flexibility index (Phi) is 9.60. The van der Waals surface area contributed by atoms with Gasteiger partial charge in [0.2, 0.25) is 0 Å². The Labute approximate surface area is 255 Å². The van der Waals surface area contributed by atoms with E-state index in [1.54, 1.807) is 12.1 Å². The maximum Gasteiger partial charge on any atom is 0.294 e. The molecule has 43 heavy (non-hydrogen) atoms. The van der Waals surface area contributed by atoms with E-state index in [1.807, 2.05) is 18.2 Å². The van der Waals surface area contributed by atoms with E-state index in [0.717, 1.165) is 48.7 Å². The van der Waals surface area contributed by atoms with Crippen molar-refractivity contribution in [2.45, 2.75) is 37.8 Å². The summed E-state index contributed by atoms with van der Waals surface area (Å²) in [6.07, 6.45) is 0. The van der Waals surface area contributed by atoms with Gasteiger partial charge in [0, 0.05) is 43.5 Å². The highest BCUT2D eigenvalue weighted by Gasteiger charge is 2.25. The summed E-state index contributed by atoms with van der Waals surface area (Å²) in [6.45, 7) is 7.57. The van der Waals surface area contributed by atoms with E-state index >= 15 is 0 Å². The first kappa shape index (κ1) is 30.1. The van der Waals surface area contributed by atoms with E-state index in [-0.39, 0.29) is 4.90 Å². The van der Waals surface area contributed by atoms with Crippen LogP contribution in [0.15, 0.2) is 138 Å². The van der Waals surface area contributed by atoms with Gasteiger partial charge in [-0.3, -0.25) is 4.55 Å². The second kappa shape index (κ2) is 13.7. The number of rotatable bonds is 12. The molecule has 0 aliphatic rings. The van der Waals surface area contributed by atoms with Gasteiger partial charge in [-0.25, -0.2) is 0 Å². The quantitative estimate of drug-likeness (QED) is 0.117. The minimum Gasteiger partial charge on any atom is -0.367 e. The Morgan fingerprint density at radius 1 is 0.558 bits per heavy atom. The van der Waals surface area contributed by atoms with Crippen molar-refractivity contribution in [3.63, 3.8) is 0 Å². The van der Waals surface area contributed by atoms with Crippen LogP contribution in [0.1, 0.15) is 47.6 Å². The van der Waals surface area contributed by atoms with Crippen LogP contribution in [-0.2, 0) is 23.2 Å². The molecule has 5 nitrogen and oxygen atoms in total. The van der Waals surface area contributed by atoms with Crippen molar-refractivity contribution >= 4 is 21.5 Å². The van der Waals surface area contributed by atoms with Crippen LogP contribution >= 0.6 is 0 Å². The van der Waals surface area contributed by atoms with Gasteiger partial charge in [-0.2, -0.15) is 8.42 Å². The summed E-state index contributed by atoms with van der Waals surface area (Å²) in [4.78, 5) is 4.54. The van der Waals surface area contributed by atoms with Crippen LogP contribution in [0.4, 0.5) is 11.4 Å². The maximum absolute atomic E-state index is 12.5. The van der Waals surface area contributed by atoms with Gasteiger partial charge in [0.15, 0.2) is 0 Å². The summed E-state index contributed by atoms with van der Waals surface area (Å²) in [5.74, 6) is -0.394. The van der Waals surface area contributed by atoms with Crippen LogP contribution in [-0.4, -0.2) is 26.1 Å². The van der Waals surface area contributed by atoms with Crippen LogP contribution < -0.4 is 9.80 Å². The fourth-order valence-corrected chi connectivity index (χ4v) is 6.37. The lowest BCUT2D eigenvalue weighted by Gasteiger charge is -2.26. The molecule has 0 fully saturated rings. The van der Waals surface area contributed by atoms with E-state index in [1.165, 1.54) is 17.2 Å². The Balaban J connectivity index is 1.51. The third-order valence-electron chi connectivity index (χ3n) is 7.89. The summed E-state index contributed by atoms with van der Waals surface area (Å²) in [5, 5.41) is 0. The van der Waals surface area contributed by atoms with Crippen molar-refractivity contribution in [3.8, 4) is 0 Å². The minimum absolute atomic E-state index is 0.0772. The lowest BCUT2D eigenvalue weighted by Crippen LogP contribution is -2.22. The van der Waals surface area contributed by atoms with Crippen LogP contribution in [0.2, 0.25) is 0 Å². The topological polar surface area (TPSA) is 60.9 Å². The highest BCUT2D eigenvalue weighted by molar-refractivity contribution is 7.85. The Morgan fingerprint density at radius 2 is 0.953 bits per heavy atom. The van der Waals surface area contributed by atoms with Crippen molar-refractivity contribution in [1.82, 2.24) is 0 Å². The molecule has 1 N–H and O–H groups in total. The van der Waals surface area contributed by atoms with Crippen LogP contribution in [0.25, 0.3) is 0 Å². The average Bonchev–Trinajstić information content (AvgIpc) is 3.04. The third-order valence-corrected chi connectivity index (χ3v) is 8.81. The molecule has 5 rings (SSSR count). The van der Waals surface area contributed by atoms with Gasteiger partial charge in [0.1, 0.15) is 0 Å². The van der Waals surface area contributed by atoms with Crippen molar-refractivity contribution in [2.75, 3.05) is 22.9 Å². The molecule has 0 atom stereocenters. The number of nitrogens with zero attached hydrogens (tertiary/aromatic N) is 2. The highest BCUT2D eigenvalue weighted by Crippen LogP contribution is 2.37. The third kappa shape index (κ3) is 7.34. The molecular formula is C37H38N2O3S. The highest BCUT2D eigenvalue weighted by atomic mass is 32.2. The molecule has 0 radical (unpaired) electrons. The molecule has 5 aromatic carbocycles. The normalized spacial score (nSPS) is 11.4. The van der Waals surface area contributed by atoms with Gasteiger partial charge in [-0.15, -0.1) is 0 Å². The lowest BCUT2D eigenvalue weighted by atomic mass is 9.85. The number of anilines is 2. The fourth-order valence-electron chi connectivity index (χ4n) is 5.64. The van der Waals surface area contributed by atoms with E-state index < -0.39 is 16.0 Å². The van der Waals surface area contributed by atoms with Crippen molar-refractivity contribution < 1.29 is 13.0 Å². The summed E-state index contributed by atoms with van der Waals surface area (Å²) >= 11 is 0. The predicted octanol–water partition coefficient (Wildman–Crippen LogP) is 8.17. The van der Waals surface area contributed by atoms with Crippen molar-refractivity contribution in [1.29, 1.82) is 0 Å². The molecular weight excluding hydrogens is 552 g/mol. The van der Waals surface area contributed by atoms with Gasteiger partial charge in [0.05, 0.1) is 4.90 Å². The lowest BCUT2D eigenvalue weighted by molar-refractivity contribution is 0.482. The van der Waals surface area contributed by atoms with Gasteiger partial charge in [0.25, 0.3) is 10.1 Å². The van der Waals surface area contributed by atoms with Crippen LogP contribution in [0, 0.1) is 0 Å². The van der Waals surface area contributed by atoms with E-state index in [2.05, 4.69) is 121 Å². The SMILES string of the molecule is CCN(Cc1ccccc1)c1ccc(C(c2ccc(N(CC)Cc3ccccc3)cc2)c2ccccc2S(=O)(=O)O)cc1. The molecule has 0 saturated carbocycles. The van der Waals surface area contributed by atoms with E-state index in [4.69, 9.17) is 0 Å². The monoisotopic (exact) mass is 590 g/mol. The van der Waals surface area contributed by atoms with Crippen molar-refractivity contribution in [2.24, 2.45) is 0 Å². The van der Waals surface area contributed by atoms with E-state index in [0.29, 0.717) is 5.56 Å². The van der Waals surface area contributed by atoms with Crippen LogP contribution in [0.3, 0.4) is 0 Å². The Morgan fingerprint density at radius 3 is 1.35 bits per heavy atom.